The normalized spacial score (nSPS) is 17.6. The summed E-state index contributed by atoms with van der Waals surface area (Å²) in [5.41, 5.74) is 2.31. The number of hydrogen-bond donors (Lipinski definition) is 0. The van der Waals surface area contributed by atoms with Gasteiger partial charge in [0, 0.05) is 23.9 Å². The largest absolute Gasteiger partial charge is 0.341 e. The van der Waals surface area contributed by atoms with Crippen molar-refractivity contribution in [2.75, 3.05) is 18.8 Å². The summed E-state index contributed by atoms with van der Waals surface area (Å²) in [7, 11) is 0. The molecular formula is C21H22N2OS2. The molecule has 0 unspecified atom stereocenters. The van der Waals surface area contributed by atoms with Gasteiger partial charge in [-0.2, -0.15) is 0 Å². The zero-order valence-corrected chi connectivity index (χ0v) is 16.5. The maximum Gasteiger partial charge on any atom is 0.232 e. The highest BCUT2D eigenvalue weighted by Crippen LogP contribution is 2.33. The van der Waals surface area contributed by atoms with E-state index >= 15 is 0 Å². The van der Waals surface area contributed by atoms with Gasteiger partial charge in [-0.1, -0.05) is 30.3 Å². The Balaban J connectivity index is 1.41. The molecule has 0 aliphatic carbocycles. The van der Waals surface area contributed by atoms with E-state index in [1.807, 2.05) is 23.1 Å². The number of para-hydroxylation sites is 1. The van der Waals surface area contributed by atoms with Crippen molar-refractivity contribution in [2.24, 2.45) is 0 Å². The zero-order chi connectivity index (χ0) is 17.9. The first-order chi connectivity index (χ1) is 12.7. The number of amides is 1. The number of carbonyl (C=O) groups is 1. The second-order valence-electron chi connectivity index (χ2n) is 6.75. The van der Waals surface area contributed by atoms with E-state index in [0.29, 0.717) is 11.7 Å². The molecule has 1 aromatic heterocycles. The van der Waals surface area contributed by atoms with Crippen LogP contribution in [-0.4, -0.2) is 34.6 Å². The number of nitrogens with zero attached hydrogens (tertiary/aromatic N) is 2. The van der Waals surface area contributed by atoms with E-state index in [-0.39, 0.29) is 5.91 Å². The van der Waals surface area contributed by atoms with Gasteiger partial charge in [-0.3, -0.25) is 4.79 Å². The summed E-state index contributed by atoms with van der Waals surface area (Å²) in [6.45, 7) is 3.76. The number of thioether (sulfide) groups is 1. The lowest BCUT2D eigenvalue weighted by molar-refractivity contribution is -0.129. The topological polar surface area (TPSA) is 33.2 Å². The number of fused-ring (bicyclic) bond motifs is 1. The van der Waals surface area contributed by atoms with Crippen LogP contribution in [0.5, 0.6) is 0 Å². The second-order valence-corrected chi connectivity index (χ2v) is 8.83. The maximum absolute atomic E-state index is 12.7. The van der Waals surface area contributed by atoms with Gasteiger partial charge in [0.2, 0.25) is 5.91 Å². The Bertz CT molecular complexity index is 888. The minimum Gasteiger partial charge on any atom is -0.341 e. The van der Waals surface area contributed by atoms with Crippen molar-refractivity contribution < 1.29 is 4.79 Å². The molecule has 1 aliphatic heterocycles. The number of rotatable bonds is 4. The van der Waals surface area contributed by atoms with Crippen molar-refractivity contribution in [1.29, 1.82) is 0 Å². The Labute approximate surface area is 162 Å². The minimum absolute atomic E-state index is 0.240. The first-order valence-electron chi connectivity index (χ1n) is 9.02. The van der Waals surface area contributed by atoms with Gasteiger partial charge in [-0.25, -0.2) is 4.98 Å². The molecule has 5 heteroatoms. The van der Waals surface area contributed by atoms with Crippen molar-refractivity contribution >= 4 is 39.2 Å². The lowest BCUT2D eigenvalue weighted by Gasteiger charge is -2.31. The molecule has 0 spiro atoms. The van der Waals surface area contributed by atoms with E-state index in [4.69, 9.17) is 4.98 Å². The Hall–Kier alpha value is -1.85. The van der Waals surface area contributed by atoms with Crippen LogP contribution in [0.4, 0.5) is 0 Å². The van der Waals surface area contributed by atoms with Crippen molar-refractivity contribution in [3.05, 3.63) is 59.1 Å². The number of piperidine rings is 1. The van der Waals surface area contributed by atoms with E-state index < -0.39 is 0 Å². The summed E-state index contributed by atoms with van der Waals surface area (Å²) in [5, 5.41) is 1.18. The molecule has 26 heavy (non-hydrogen) atoms. The van der Waals surface area contributed by atoms with E-state index in [0.717, 1.165) is 31.4 Å². The molecule has 134 valence electrons. The highest BCUT2D eigenvalue weighted by atomic mass is 32.2. The third-order valence-corrected chi connectivity index (χ3v) is 7.24. The molecular weight excluding hydrogens is 360 g/mol. The SMILES string of the molecule is Cc1ccccc1SCC(=O)N1CCC[C@H](c2nc3ccccc3s2)C1. The smallest absolute Gasteiger partial charge is 0.232 e. The average Bonchev–Trinajstić information content (AvgIpc) is 3.11. The second kappa shape index (κ2) is 7.80. The fraction of sp³-hybridized carbons (Fsp3) is 0.333. The van der Waals surface area contributed by atoms with Gasteiger partial charge in [0.25, 0.3) is 0 Å². The van der Waals surface area contributed by atoms with Crippen molar-refractivity contribution in [3.63, 3.8) is 0 Å². The maximum atomic E-state index is 12.7. The molecule has 2 aromatic carbocycles. The van der Waals surface area contributed by atoms with Gasteiger partial charge >= 0.3 is 0 Å². The van der Waals surface area contributed by atoms with Crippen LogP contribution in [0, 0.1) is 6.92 Å². The minimum atomic E-state index is 0.240. The van der Waals surface area contributed by atoms with Gasteiger partial charge in [0.05, 0.1) is 21.0 Å². The number of thiazole rings is 1. The number of hydrogen-bond acceptors (Lipinski definition) is 4. The monoisotopic (exact) mass is 382 g/mol. The molecule has 1 saturated heterocycles. The van der Waals surface area contributed by atoms with Crippen LogP contribution >= 0.6 is 23.1 Å². The lowest BCUT2D eigenvalue weighted by Crippen LogP contribution is -2.40. The Morgan fingerprint density at radius 3 is 2.88 bits per heavy atom. The molecule has 3 aromatic rings. The average molecular weight is 383 g/mol. The molecule has 1 amide bonds. The number of aromatic nitrogens is 1. The lowest BCUT2D eigenvalue weighted by atomic mass is 9.99. The first kappa shape index (κ1) is 17.6. The van der Waals surface area contributed by atoms with Crippen molar-refractivity contribution in [2.45, 2.75) is 30.6 Å². The predicted octanol–water partition coefficient (Wildman–Crippen LogP) is 5.10. The highest BCUT2D eigenvalue weighted by Gasteiger charge is 2.26. The van der Waals surface area contributed by atoms with Crippen LogP contribution in [0.1, 0.15) is 29.3 Å². The van der Waals surface area contributed by atoms with Gasteiger partial charge < -0.3 is 4.90 Å². The van der Waals surface area contributed by atoms with Crippen LogP contribution < -0.4 is 0 Å². The molecule has 0 saturated carbocycles. The van der Waals surface area contributed by atoms with Crippen LogP contribution in [0.25, 0.3) is 10.2 Å². The van der Waals surface area contributed by atoms with Crippen LogP contribution in [0.2, 0.25) is 0 Å². The Morgan fingerprint density at radius 2 is 2.04 bits per heavy atom. The highest BCUT2D eigenvalue weighted by molar-refractivity contribution is 8.00. The van der Waals surface area contributed by atoms with Crippen LogP contribution in [0.3, 0.4) is 0 Å². The van der Waals surface area contributed by atoms with E-state index in [2.05, 4.69) is 37.3 Å². The predicted molar refractivity (Wildman–Crippen MR) is 110 cm³/mol. The molecule has 0 bridgehead atoms. The van der Waals surface area contributed by atoms with Gasteiger partial charge in [-0.05, 0) is 43.5 Å². The zero-order valence-electron chi connectivity index (χ0n) is 14.9. The molecule has 0 radical (unpaired) electrons. The number of likely N-dealkylation sites (tertiary alicyclic amines) is 1. The number of carbonyl (C=O) groups excluding carboxylic acids is 1. The molecule has 3 nitrogen and oxygen atoms in total. The molecule has 1 aliphatic rings. The number of benzene rings is 2. The van der Waals surface area contributed by atoms with Crippen molar-refractivity contribution in [1.82, 2.24) is 9.88 Å². The Morgan fingerprint density at radius 1 is 1.23 bits per heavy atom. The summed E-state index contributed by atoms with van der Waals surface area (Å²) < 4.78 is 1.24. The first-order valence-corrected chi connectivity index (χ1v) is 10.8. The number of aryl methyl sites for hydroxylation is 1. The third kappa shape index (κ3) is 3.79. The third-order valence-electron chi connectivity index (χ3n) is 4.88. The summed E-state index contributed by atoms with van der Waals surface area (Å²) in [4.78, 5) is 20.8. The Kier molecular flexibility index (Phi) is 5.27. The van der Waals surface area contributed by atoms with E-state index in [9.17, 15) is 4.79 Å². The van der Waals surface area contributed by atoms with Crippen molar-refractivity contribution in [3.8, 4) is 0 Å². The summed E-state index contributed by atoms with van der Waals surface area (Å²) in [5.74, 6) is 1.12. The standard InChI is InChI=1S/C21H22N2OS2/c1-15-7-2-4-10-18(15)25-14-20(24)23-12-6-8-16(13-23)21-22-17-9-3-5-11-19(17)26-21/h2-5,7,9-11,16H,6,8,12-14H2,1H3/t16-/m0/s1. The molecule has 4 rings (SSSR count). The fourth-order valence-electron chi connectivity index (χ4n) is 3.42. The van der Waals surface area contributed by atoms with Gasteiger partial charge in [-0.15, -0.1) is 23.1 Å². The van der Waals surface area contributed by atoms with Crippen LogP contribution in [0.15, 0.2) is 53.4 Å². The molecule has 1 atom stereocenters. The van der Waals surface area contributed by atoms with Crippen LogP contribution in [-0.2, 0) is 4.79 Å². The summed E-state index contributed by atoms with van der Waals surface area (Å²) in [6.07, 6.45) is 2.18. The molecule has 2 heterocycles. The quantitative estimate of drug-likeness (QED) is 0.588. The van der Waals surface area contributed by atoms with E-state index in [1.54, 1.807) is 23.1 Å². The molecule has 1 fully saturated rings. The molecule has 0 N–H and O–H groups in total. The summed E-state index contributed by atoms with van der Waals surface area (Å²) >= 11 is 3.42. The van der Waals surface area contributed by atoms with Gasteiger partial charge in [0.15, 0.2) is 0 Å². The fourth-order valence-corrected chi connectivity index (χ4v) is 5.44. The summed E-state index contributed by atoms with van der Waals surface area (Å²) in [6, 6.07) is 16.5. The van der Waals surface area contributed by atoms with E-state index in [1.165, 1.54) is 20.2 Å². The van der Waals surface area contributed by atoms with Gasteiger partial charge in [0.1, 0.15) is 0 Å².